The molecule has 1 aliphatic carbocycles. The van der Waals surface area contributed by atoms with Crippen molar-refractivity contribution in [3.05, 3.63) is 42.0 Å². The second-order valence-corrected chi connectivity index (χ2v) is 7.65. The van der Waals surface area contributed by atoms with Crippen molar-refractivity contribution in [2.75, 3.05) is 20.2 Å². The molecule has 1 amide bonds. The second-order valence-electron chi connectivity index (χ2n) is 7.65. The van der Waals surface area contributed by atoms with Gasteiger partial charge in [0.2, 0.25) is 0 Å². The maximum atomic E-state index is 13.0. The topological polar surface area (TPSA) is 76.8 Å². The van der Waals surface area contributed by atoms with Crippen molar-refractivity contribution in [1.82, 2.24) is 14.5 Å². The maximum Gasteiger partial charge on any atom is 0.257 e. The van der Waals surface area contributed by atoms with E-state index < -0.39 is 6.10 Å². The third-order valence-corrected chi connectivity index (χ3v) is 5.63. The molecule has 7 nitrogen and oxygen atoms in total. The molecule has 2 aromatic rings. The lowest BCUT2D eigenvalue weighted by Gasteiger charge is -2.34. The normalized spacial score (nSPS) is 18.8. The minimum Gasteiger partial charge on any atom is -0.496 e. The first-order valence-corrected chi connectivity index (χ1v) is 9.86. The van der Waals surface area contributed by atoms with E-state index in [2.05, 4.69) is 4.98 Å². The number of methoxy groups -OCH3 is 1. The number of benzene rings is 1. The predicted molar refractivity (Wildman–Crippen MR) is 103 cm³/mol. The van der Waals surface area contributed by atoms with Crippen LogP contribution in [0, 0.1) is 5.92 Å². The molecule has 0 spiro atoms. The van der Waals surface area contributed by atoms with Crippen molar-refractivity contribution in [1.29, 1.82) is 0 Å². The first-order chi connectivity index (χ1) is 13.6. The Morgan fingerprint density at radius 2 is 2.00 bits per heavy atom. The monoisotopic (exact) mass is 385 g/mol. The molecule has 2 fully saturated rings. The summed E-state index contributed by atoms with van der Waals surface area (Å²) >= 11 is 0. The van der Waals surface area contributed by atoms with E-state index in [9.17, 15) is 9.90 Å². The summed E-state index contributed by atoms with van der Waals surface area (Å²) in [5.74, 6) is 2.02. The Hall–Kier alpha value is -2.54. The van der Waals surface area contributed by atoms with E-state index in [0.29, 0.717) is 36.3 Å². The van der Waals surface area contributed by atoms with Crippen LogP contribution in [-0.4, -0.2) is 51.8 Å². The molecule has 1 aromatic heterocycles. The molecule has 2 heterocycles. The summed E-state index contributed by atoms with van der Waals surface area (Å²) in [6.07, 6.45) is 6.88. The SMILES string of the molecule is COc1cc(OC2CC2)ccc1C(=O)N1CCC(C(O)c2nccn2C)CC1. The molecule has 1 saturated heterocycles. The van der Waals surface area contributed by atoms with Gasteiger partial charge in [-0.1, -0.05) is 0 Å². The minimum absolute atomic E-state index is 0.0419. The number of rotatable bonds is 6. The molecule has 0 bridgehead atoms. The molecule has 1 aliphatic heterocycles. The largest absolute Gasteiger partial charge is 0.496 e. The molecule has 1 N–H and O–H groups in total. The number of aliphatic hydroxyl groups excluding tert-OH is 1. The highest BCUT2D eigenvalue weighted by molar-refractivity contribution is 5.97. The smallest absolute Gasteiger partial charge is 0.257 e. The van der Waals surface area contributed by atoms with Crippen molar-refractivity contribution in [2.45, 2.75) is 37.9 Å². The number of aryl methyl sites for hydroxylation is 1. The lowest BCUT2D eigenvalue weighted by atomic mass is 9.90. The quantitative estimate of drug-likeness (QED) is 0.827. The van der Waals surface area contributed by atoms with E-state index in [1.54, 1.807) is 25.4 Å². The van der Waals surface area contributed by atoms with E-state index in [1.165, 1.54) is 0 Å². The number of amides is 1. The molecule has 1 aromatic carbocycles. The van der Waals surface area contributed by atoms with Gasteiger partial charge in [0, 0.05) is 38.6 Å². The second kappa shape index (κ2) is 7.83. The van der Waals surface area contributed by atoms with Gasteiger partial charge in [-0.2, -0.15) is 0 Å². The molecule has 4 rings (SSSR count). The number of imidazole rings is 1. The van der Waals surface area contributed by atoms with Crippen LogP contribution in [-0.2, 0) is 7.05 Å². The number of likely N-dealkylation sites (tertiary alicyclic amines) is 1. The van der Waals surface area contributed by atoms with Crippen molar-refractivity contribution < 1.29 is 19.4 Å². The molecule has 28 heavy (non-hydrogen) atoms. The Morgan fingerprint density at radius 1 is 1.25 bits per heavy atom. The first-order valence-electron chi connectivity index (χ1n) is 9.86. The van der Waals surface area contributed by atoms with Gasteiger partial charge in [-0.3, -0.25) is 4.79 Å². The first kappa shape index (κ1) is 18.8. The Labute approximate surface area is 164 Å². The number of ether oxygens (including phenoxy) is 2. The van der Waals surface area contributed by atoms with Crippen molar-refractivity contribution >= 4 is 5.91 Å². The van der Waals surface area contributed by atoms with Crippen LogP contribution in [0.5, 0.6) is 11.5 Å². The van der Waals surface area contributed by atoms with Gasteiger partial charge in [0.05, 0.1) is 18.8 Å². The number of aliphatic hydroxyl groups is 1. The number of nitrogens with zero attached hydrogens (tertiary/aromatic N) is 3. The molecular formula is C21H27N3O4. The third kappa shape index (κ3) is 3.85. The Bertz CT molecular complexity index is 838. The fraction of sp³-hybridized carbons (Fsp3) is 0.524. The summed E-state index contributed by atoms with van der Waals surface area (Å²) in [6.45, 7) is 1.21. The highest BCUT2D eigenvalue weighted by Crippen LogP contribution is 2.33. The van der Waals surface area contributed by atoms with E-state index in [-0.39, 0.29) is 11.8 Å². The third-order valence-electron chi connectivity index (χ3n) is 5.63. The zero-order valence-corrected chi connectivity index (χ0v) is 16.4. The van der Waals surface area contributed by atoms with Gasteiger partial charge in [-0.15, -0.1) is 0 Å². The summed E-state index contributed by atoms with van der Waals surface area (Å²) in [5.41, 5.74) is 0.550. The van der Waals surface area contributed by atoms with Crippen LogP contribution in [0.4, 0.5) is 0 Å². The van der Waals surface area contributed by atoms with Crippen LogP contribution < -0.4 is 9.47 Å². The van der Waals surface area contributed by atoms with Gasteiger partial charge in [0.1, 0.15) is 23.4 Å². The van der Waals surface area contributed by atoms with Crippen molar-refractivity contribution in [3.63, 3.8) is 0 Å². The van der Waals surface area contributed by atoms with Gasteiger partial charge < -0.3 is 24.0 Å². The molecule has 1 saturated carbocycles. The molecule has 0 radical (unpaired) electrons. The van der Waals surface area contributed by atoms with Gasteiger partial charge in [-0.05, 0) is 43.7 Å². The molecule has 150 valence electrons. The maximum absolute atomic E-state index is 13.0. The molecule has 7 heteroatoms. The van der Waals surface area contributed by atoms with Gasteiger partial charge in [0.25, 0.3) is 5.91 Å². The zero-order chi connectivity index (χ0) is 19.7. The number of carbonyl (C=O) groups excluding carboxylic acids is 1. The highest BCUT2D eigenvalue weighted by atomic mass is 16.5. The minimum atomic E-state index is -0.606. The summed E-state index contributed by atoms with van der Waals surface area (Å²) in [7, 11) is 3.45. The predicted octanol–water partition coefficient (Wildman–Crippen LogP) is 2.56. The van der Waals surface area contributed by atoms with E-state index >= 15 is 0 Å². The number of carbonyl (C=O) groups is 1. The van der Waals surface area contributed by atoms with Crippen LogP contribution in [0.25, 0.3) is 0 Å². The summed E-state index contributed by atoms with van der Waals surface area (Å²) < 4.78 is 13.1. The summed E-state index contributed by atoms with van der Waals surface area (Å²) in [6, 6.07) is 5.42. The van der Waals surface area contributed by atoms with Crippen LogP contribution in [0.2, 0.25) is 0 Å². The Kier molecular flexibility index (Phi) is 5.26. The fourth-order valence-corrected chi connectivity index (χ4v) is 3.76. The molecule has 2 aliphatic rings. The van der Waals surface area contributed by atoms with Gasteiger partial charge in [0.15, 0.2) is 0 Å². The van der Waals surface area contributed by atoms with Crippen LogP contribution in [0.3, 0.4) is 0 Å². The number of hydrogen-bond acceptors (Lipinski definition) is 5. The zero-order valence-electron chi connectivity index (χ0n) is 16.4. The molecule has 1 unspecified atom stereocenters. The number of piperidine rings is 1. The standard InChI is InChI=1S/C21H27N3O4/c1-23-12-9-22-20(23)19(25)14-7-10-24(11-8-14)21(26)17-6-5-16(13-18(17)27-2)28-15-3-4-15/h5-6,9,12-15,19,25H,3-4,7-8,10-11H2,1-2H3. The number of aromatic nitrogens is 2. The average Bonchev–Trinajstić information content (AvgIpc) is 3.44. The molecule has 1 atom stereocenters. The van der Waals surface area contributed by atoms with Crippen molar-refractivity contribution in [2.24, 2.45) is 13.0 Å². The highest BCUT2D eigenvalue weighted by Gasteiger charge is 2.31. The fourth-order valence-electron chi connectivity index (χ4n) is 3.76. The van der Waals surface area contributed by atoms with Gasteiger partial charge >= 0.3 is 0 Å². The lowest BCUT2D eigenvalue weighted by molar-refractivity contribution is 0.0418. The van der Waals surface area contributed by atoms with E-state index in [0.717, 1.165) is 31.4 Å². The Morgan fingerprint density at radius 3 is 2.61 bits per heavy atom. The summed E-state index contributed by atoms with van der Waals surface area (Å²) in [4.78, 5) is 19.1. The van der Waals surface area contributed by atoms with Crippen molar-refractivity contribution in [3.8, 4) is 11.5 Å². The van der Waals surface area contributed by atoms with Gasteiger partial charge in [-0.25, -0.2) is 4.98 Å². The van der Waals surface area contributed by atoms with E-state index in [4.69, 9.17) is 9.47 Å². The number of hydrogen-bond donors (Lipinski definition) is 1. The average molecular weight is 385 g/mol. The summed E-state index contributed by atoms with van der Waals surface area (Å²) in [5, 5.41) is 10.6. The van der Waals surface area contributed by atoms with Crippen LogP contribution >= 0.6 is 0 Å². The van der Waals surface area contributed by atoms with Crippen LogP contribution in [0.1, 0.15) is 48.0 Å². The Balaban J connectivity index is 1.40. The molecular weight excluding hydrogens is 358 g/mol. The van der Waals surface area contributed by atoms with Crippen LogP contribution in [0.15, 0.2) is 30.6 Å². The van der Waals surface area contributed by atoms with E-state index in [1.807, 2.05) is 28.8 Å². The lowest BCUT2D eigenvalue weighted by Crippen LogP contribution is -2.40.